The van der Waals surface area contributed by atoms with Gasteiger partial charge in [-0.2, -0.15) is 0 Å². The summed E-state index contributed by atoms with van der Waals surface area (Å²) in [4.78, 5) is 22.1. The molecule has 1 aromatic rings. The number of nitro benzene ring substituents is 1. The second-order valence-electron chi connectivity index (χ2n) is 5.18. The quantitative estimate of drug-likeness (QED) is 0.568. The van der Waals surface area contributed by atoms with Crippen molar-refractivity contribution in [3.05, 3.63) is 27.8 Å². The van der Waals surface area contributed by atoms with Crippen molar-refractivity contribution in [1.82, 2.24) is 5.32 Å². The van der Waals surface area contributed by atoms with E-state index in [0.29, 0.717) is 29.5 Å². The molecule has 0 saturated carbocycles. The summed E-state index contributed by atoms with van der Waals surface area (Å²) in [6.45, 7) is 1.64. The van der Waals surface area contributed by atoms with Crippen LogP contribution in [0.15, 0.2) is 12.1 Å². The first kappa shape index (κ1) is 12.9. The van der Waals surface area contributed by atoms with E-state index in [4.69, 9.17) is 0 Å². The van der Waals surface area contributed by atoms with Crippen molar-refractivity contribution >= 4 is 23.0 Å². The van der Waals surface area contributed by atoms with Crippen molar-refractivity contribution in [3.63, 3.8) is 0 Å². The van der Waals surface area contributed by atoms with E-state index in [1.807, 2.05) is 0 Å². The second-order valence-corrected chi connectivity index (χ2v) is 5.18. The zero-order valence-electron chi connectivity index (χ0n) is 10.9. The van der Waals surface area contributed by atoms with Crippen LogP contribution in [0.2, 0.25) is 0 Å². The first-order valence-electron chi connectivity index (χ1n) is 6.72. The molecule has 0 aromatic heterocycles. The lowest BCUT2D eigenvalue weighted by Gasteiger charge is -2.13. The Balaban J connectivity index is 1.82. The molecular weight excluding hydrogens is 260 g/mol. The Bertz CT molecular complexity index is 567. The molecule has 0 bridgehead atoms. The van der Waals surface area contributed by atoms with E-state index in [9.17, 15) is 14.9 Å². The highest BCUT2D eigenvalue weighted by molar-refractivity contribution is 6.00. The maximum absolute atomic E-state index is 11.3. The third kappa shape index (κ3) is 2.44. The van der Waals surface area contributed by atoms with Gasteiger partial charge in [-0.05, 0) is 31.0 Å². The zero-order valence-corrected chi connectivity index (χ0v) is 10.9. The summed E-state index contributed by atoms with van der Waals surface area (Å²) in [6, 6.07) is 3.49. The average molecular weight is 276 g/mol. The molecule has 1 amide bonds. The number of anilines is 2. The standard InChI is InChI=1S/C13H16N4O3/c18-13-5-8-4-12(17(19)20)11(6-10(8)16-13)15-7-9-2-1-3-14-9/h4,6,9,14-15H,1-3,5,7H2,(H,16,18). The molecule has 0 aliphatic carbocycles. The van der Waals surface area contributed by atoms with Crippen LogP contribution in [0, 0.1) is 10.1 Å². The smallest absolute Gasteiger partial charge is 0.292 e. The highest BCUT2D eigenvalue weighted by Crippen LogP contribution is 2.34. The van der Waals surface area contributed by atoms with Crippen molar-refractivity contribution < 1.29 is 9.72 Å². The SMILES string of the molecule is O=C1Cc2cc([N+](=O)[O-])c(NCC3CCCN3)cc2N1. The summed E-state index contributed by atoms with van der Waals surface area (Å²) in [6.07, 6.45) is 2.41. The number of hydrogen-bond donors (Lipinski definition) is 3. The van der Waals surface area contributed by atoms with E-state index in [2.05, 4.69) is 16.0 Å². The Labute approximate surface area is 115 Å². The van der Waals surface area contributed by atoms with Crippen LogP contribution < -0.4 is 16.0 Å². The minimum atomic E-state index is -0.409. The molecule has 2 aliphatic heterocycles. The lowest BCUT2D eigenvalue weighted by atomic mass is 10.1. The molecule has 3 N–H and O–H groups in total. The molecule has 1 atom stereocenters. The van der Waals surface area contributed by atoms with Gasteiger partial charge in [0.05, 0.1) is 11.3 Å². The van der Waals surface area contributed by atoms with Gasteiger partial charge in [0.15, 0.2) is 0 Å². The summed E-state index contributed by atoms with van der Waals surface area (Å²) in [5, 5.41) is 20.3. The fraction of sp³-hybridized carbons (Fsp3) is 0.462. The summed E-state index contributed by atoms with van der Waals surface area (Å²) in [5.74, 6) is -0.121. The Morgan fingerprint density at radius 3 is 3.00 bits per heavy atom. The number of fused-ring (bicyclic) bond motifs is 1. The van der Waals surface area contributed by atoms with Crippen LogP contribution in [-0.2, 0) is 11.2 Å². The minimum absolute atomic E-state index is 0.0262. The van der Waals surface area contributed by atoms with Crippen molar-refractivity contribution in [1.29, 1.82) is 0 Å². The summed E-state index contributed by atoms with van der Waals surface area (Å²) >= 11 is 0. The molecule has 2 heterocycles. The van der Waals surface area contributed by atoms with E-state index in [-0.39, 0.29) is 18.0 Å². The predicted molar refractivity (Wildman–Crippen MR) is 74.9 cm³/mol. The van der Waals surface area contributed by atoms with E-state index in [0.717, 1.165) is 19.4 Å². The second kappa shape index (κ2) is 5.09. The first-order chi connectivity index (χ1) is 9.63. The summed E-state index contributed by atoms with van der Waals surface area (Å²) in [7, 11) is 0. The Morgan fingerprint density at radius 2 is 2.30 bits per heavy atom. The number of nitrogens with one attached hydrogen (secondary N) is 3. The largest absolute Gasteiger partial charge is 0.378 e. The number of rotatable bonds is 4. The topological polar surface area (TPSA) is 96.3 Å². The first-order valence-corrected chi connectivity index (χ1v) is 6.72. The average Bonchev–Trinajstić information content (AvgIpc) is 3.02. The minimum Gasteiger partial charge on any atom is -0.378 e. The highest BCUT2D eigenvalue weighted by Gasteiger charge is 2.25. The third-order valence-electron chi connectivity index (χ3n) is 3.74. The number of amides is 1. The molecule has 1 aromatic carbocycles. The Hall–Kier alpha value is -2.15. The van der Waals surface area contributed by atoms with Gasteiger partial charge < -0.3 is 16.0 Å². The maximum atomic E-state index is 11.3. The van der Waals surface area contributed by atoms with Crippen molar-refractivity contribution in [2.45, 2.75) is 25.3 Å². The number of benzene rings is 1. The molecule has 2 aliphatic rings. The fourth-order valence-corrected chi connectivity index (χ4v) is 2.72. The monoisotopic (exact) mass is 276 g/mol. The number of hydrogen-bond acceptors (Lipinski definition) is 5. The van der Waals surface area contributed by atoms with Crippen LogP contribution in [0.1, 0.15) is 18.4 Å². The molecule has 1 fully saturated rings. The van der Waals surface area contributed by atoms with Gasteiger partial charge in [0.2, 0.25) is 5.91 Å². The molecule has 3 rings (SSSR count). The van der Waals surface area contributed by atoms with Crippen LogP contribution >= 0.6 is 0 Å². The van der Waals surface area contributed by atoms with Crippen LogP contribution in [0.5, 0.6) is 0 Å². The van der Waals surface area contributed by atoms with Gasteiger partial charge in [-0.15, -0.1) is 0 Å². The van der Waals surface area contributed by atoms with Crippen LogP contribution in [0.25, 0.3) is 0 Å². The van der Waals surface area contributed by atoms with Crippen LogP contribution in [0.4, 0.5) is 17.1 Å². The van der Waals surface area contributed by atoms with Crippen molar-refractivity contribution in [2.75, 3.05) is 23.7 Å². The normalized spacial score (nSPS) is 20.6. The van der Waals surface area contributed by atoms with Gasteiger partial charge in [-0.1, -0.05) is 0 Å². The fourth-order valence-electron chi connectivity index (χ4n) is 2.72. The molecular formula is C13H16N4O3. The zero-order chi connectivity index (χ0) is 14.1. The van der Waals surface area contributed by atoms with E-state index < -0.39 is 4.92 Å². The predicted octanol–water partition coefficient (Wildman–Crippen LogP) is 1.25. The van der Waals surface area contributed by atoms with E-state index in [1.54, 1.807) is 6.07 Å². The van der Waals surface area contributed by atoms with Gasteiger partial charge in [0.1, 0.15) is 5.69 Å². The van der Waals surface area contributed by atoms with Crippen molar-refractivity contribution in [2.24, 2.45) is 0 Å². The number of nitrogens with zero attached hydrogens (tertiary/aromatic N) is 1. The van der Waals surface area contributed by atoms with Crippen molar-refractivity contribution in [3.8, 4) is 0 Å². The number of carbonyl (C=O) groups excluding carboxylic acids is 1. The summed E-state index contributed by atoms with van der Waals surface area (Å²) in [5.41, 5.74) is 1.84. The number of carbonyl (C=O) groups is 1. The van der Waals surface area contributed by atoms with Gasteiger partial charge in [0, 0.05) is 24.3 Å². The number of nitro groups is 1. The molecule has 20 heavy (non-hydrogen) atoms. The molecule has 7 heteroatoms. The highest BCUT2D eigenvalue weighted by atomic mass is 16.6. The van der Waals surface area contributed by atoms with E-state index >= 15 is 0 Å². The van der Waals surface area contributed by atoms with Gasteiger partial charge >= 0.3 is 0 Å². The van der Waals surface area contributed by atoms with Crippen LogP contribution in [0.3, 0.4) is 0 Å². The lowest BCUT2D eigenvalue weighted by Crippen LogP contribution is -2.29. The molecule has 1 saturated heterocycles. The summed E-state index contributed by atoms with van der Waals surface area (Å²) < 4.78 is 0. The third-order valence-corrected chi connectivity index (χ3v) is 3.74. The van der Waals surface area contributed by atoms with Gasteiger partial charge in [-0.3, -0.25) is 14.9 Å². The molecule has 0 spiro atoms. The molecule has 106 valence electrons. The maximum Gasteiger partial charge on any atom is 0.292 e. The Kier molecular flexibility index (Phi) is 3.27. The molecule has 7 nitrogen and oxygen atoms in total. The Morgan fingerprint density at radius 1 is 1.45 bits per heavy atom. The molecule has 1 unspecified atom stereocenters. The van der Waals surface area contributed by atoms with Gasteiger partial charge in [0.25, 0.3) is 5.69 Å². The van der Waals surface area contributed by atoms with E-state index in [1.165, 1.54) is 6.07 Å². The lowest BCUT2D eigenvalue weighted by molar-refractivity contribution is -0.384. The molecule has 0 radical (unpaired) electrons. The van der Waals surface area contributed by atoms with Crippen LogP contribution in [-0.4, -0.2) is 30.0 Å². The van der Waals surface area contributed by atoms with Gasteiger partial charge in [-0.25, -0.2) is 0 Å².